The van der Waals surface area contributed by atoms with Gasteiger partial charge in [0.15, 0.2) is 0 Å². The number of nitrogens with one attached hydrogen (secondary N) is 1. The van der Waals surface area contributed by atoms with E-state index in [-0.39, 0.29) is 17.9 Å². The maximum atomic E-state index is 11.6. The highest BCUT2D eigenvalue weighted by Crippen LogP contribution is 2.38. The lowest BCUT2D eigenvalue weighted by molar-refractivity contribution is -0.125. The van der Waals surface area contributed by atoms with Crippen molar-refractivity contribution in [2.24, 2.45) is 5.41 Å². The van der Waals surface area contributed by atoms with Gasteiger partial charge in [-0.1, -0.05) is 49.6 Å². The molecule has 0 aliphatic heterocycles. The molecule has 1 N–H and O–H groups in total. The van der Waals surface area contributed by atoms with Crippen LogP contribution in [0.4, 0.5) is 0 Å². The van der Waals surface area contributed by atoms with Crippen molar-refractivity contribution >= 4 is 5.91 Å². The van der Waals surface area contributed by atoms with E-state index in [4.69, 9.17) is 4.74 Å². The van der Waals surface area contributed by atoms with Crippen LogP contribution in [0.5, 0.6) is 0 Å². The lowest BCUT2D eigenvalue weighted by Crippen LogP contribution is -2.41. The zero-order chi connectivity index (χ0) is 14.3. The van der Waals surface area contributed by atoms with E-state index in [1.807, 2.05) is 0 Å². The van der Waals surface area contributed by atoms with Crippen molar-refractivity contribution in [1.29, 1.82) is 0 Å². The van der Waals surface area contributed by atoms with Crippen LogP contribution in [-0.4, -0.2) is 26.2 Å². The zero-order valence-corrected chi connectivity index (χ0v) is 12.4. The minimum Gasteiger partial charge on any atom is -0.375 e. The van der Waals surface area contributed by atoms with Gasteiger partial charge in [-0.05, 0) is 30.2 Å². The van der Waals surface area contributed by atoms with Crippen LogP contribution in [0.25, 0.3) is 0 Å². The number of methoxy groups -OCH3 is 1. The summed E-state index contributed by atoms with van der Waals surface area (Å²) in [4.78, 5) is 11.6. The van der Waals surface area contributed by atoms with Gasteiger partial charge in [-0.15, -0.1) is 0 Å². The molecule has 0 atom stereocenters. The average molecular weight is 275 g/mol. The van der Waals surface area contributed by atoms with E-state index in [1.54, 1.807) is 7.11 Å². The van der Waals surface area contributed by atoms with E-state index >= 15 is 0 Å². The van der Waals surface area contributed by atoms with Crippen molar-refractivity contribution in [3.8, 4) is 0 Å². The molecule has 0 spiro atoms. The smallest absolute Gasteiger partial charge is 0.246 e. The van der Waals surface area contributed by atoms with Crippen LogP contribution in [0.3, 0.4) is 0 Å². The Balaban J connectivity index is 1.99. The van der Waals surface area contributed by atoms with E-state index in [0.29, 0.717) is 0 Å². The summed E-state index contributed by atoms with van der Waals surface area (Å²) < 4.78 is 4.88. The third kappa shape index (κ3) is 4.34. The molecule has 1 aromatic carbocycles. The van der Waals surface area contributed by atoms with Gasteiger partial charge < -0.3 is 10.1 Å². The van der Waals surface area contributed by atoms with Gasteiger partial charge in [0.25, 0.3) is 0 Å². The average Bonchev–Trinajstić information content (AvgIpc) is 2.48. The van der Waals surface area contributed by atoms with Crippen molar-refractivity contribution in [2.45, 2.75) is 38.5 Å². The third-order valence-corrected chi connectivity index (χ3v) is 4.27. The van der Waals surface area contributed by atoms with Gasteiger partial charge in [0, 0.05) is 13.7 Å². The predicted molar refractivity (Wildman–Crippen MR) is 80.5 cm³/mol. The summed E-state index contributed by atoms with van der Waals surface area (Å²) in [6, 6.07) is 10.6. The Kier molecular flexibility index (Phi) is 5.60. The molecule has 0 heterocycles. The fourth-order valence-electron chi connectivity index (χ4n) is 3.21. The first kappa shape index (κ1) is 15.0. The van der Waals surface area contributed by atoms with Crippen LogP contribution in [-0.2, 0) is 16.0 Å². The molecular weight excluding hydrogens is 250 g/mol. The Labute approximate surface area is 121 Å². The molecule has 1 aliphatic rings. The maximum Gasteiger partial charge on any atom is 0.246 e. The van der Waals surface area contributed by atoms with Gasteiger partial charge in [0.2, 0.25) is 5.91 Å². The second-order valence-electron chi connectivity index (χ2n) is 5.93. The largest absolute Gasteiger partial charge is 0.375 e. The number of hydrogen-bond acceptors (Lipinski definition) is 2. The van der Waals surface area contributed by atoms with Gasteiger partial charge in [0.1, 0.15) is 6.61 Å². The first-order valence-electron chi connectivity index (χ1n) is 7.54. The first-order chi connectivity index (χ1) is 9.74. The summed E-state index contributed by atoms with van der Waals surface area (Å²) in [5.74, 6) is -0.00879. The maximum absolute atomic E-state index is 11.6. The van der Waals surface area contributed by atoms with Crippen LogP contribution in [0, 0.1) is 5.41 Å². The van der Waals surface area contributed by atoms with Crippen molar-refractivity contribution in [3.63, 3.8) is 0 Å². The zero-order valence-electron chi connectivity index (χ0n) is 12.4. The number of benzene rings is 1. The normalized spacial score (nSPS) is 17.6. The Morgan fingerprint density at radius 3 is 2.55 bits per heavy atom. The molecule has 0 aromatic heterocycles. The SMILES string of the molecule is COCC(=O)NCC1(Cc2ccccc2)CCCCC1. The molecule has 0 radical (unpaired) electrons. The minimum absolute atomic E-state index is 0.00879. The van der Waals surface area contributed by atoms with Gasteiger partial charge in [-0.25, -0.2) is 0 Å². The standard InChI is InChI=1S/C17H25NO2/c1-20-13-16(19)18-14-17(10-6-3-7-11-17)12-15-8-4-2-5-9-15/h2,4-5,8-9H,3,6-7,10-14H2,1H3,(H,18,19). The summed E-state index contributed by atoms with van der Waals surface area (Å²) in [5.41, 5.74) is 1.60. The lowest BCUT2D eigenvalue weighted by atomic mass is 9.70. The summed E-state index contributed by atoms with van der Waals surface area (Å²) in [5, 5.41) is 3.05. The Bertz CT molecular complexity index is 410. The third-order valence-electron chi connectivity index (χ3n) is 4.27. The van der Waals surface area contributed by atoms with Crippen LogP contribution >= 0.6 is 0 Å². The second-order valence-corrected chi connectivity index (χ2v) is 5.93. The van der Waals surface area contributed by atoms with E-state index in [9.17, 15) is 4.79 Å². The van der Waals surface area contributed by atoms with Crippen molar-refractivity contribution in [3.05, 3.63) is 35.9 Å². The molecule has 0 saturated heterocycles. The Morgan fingerprint density at radius 2 is 1.90 bits per heavy atom. The highest BCUT2D eigenvalue weighted by Gasteiger charge is 2.32. The van der Waals surface area contributed by atoms with Crippen LogP contribution in [0.15, 0.2) is 30.3 Å². The molecule has 1 aliphatic carbocycles. The highest BCUT2D eigenvalue weighted by molar-refractivity contribution is 5.77. The summed E-state index contributed by atoms with van der Waals surface area (Å²) in [6.07, 6.45) is 7.33. The molecule has 1 fully saturated rings. The highest BCUT2D eigenvalue weighted by atomic mass is 16.5. The molecular formula is C17H25NO2. The molecule has 1 saturated carbocycles. The van der Waals surface area contributed by atoms with Gasteiger partial charge in [0.05, 0.1) is 0 Å². The van der Waals surface area contributed by atoms with Gasteiger partial charge >= 0.3 is 0 Å². The van der Waals surface area contributed by atoms with Crippen molar-refractivity contribution in [1.82, 2.24) is 5.32 Å². The topological polar surface area (TPSA) is 38.3 Å². The summed E-state index contributed by atoms with van der Waals surface area (Å²) >= 11 is 0. The molecule has 3 nitrogen and oxygen atoms in total. The van der Waals surface area contributed by atoms with Crippen molar-refractivity contribution < 1.29 is 9.53 Å². The molecule has 1 aromatic rings. The molecule has 1 amide bonds. The van der Waals surface area contributed by atoms with Gasteiger partial charge in [-0.3, -0.25) is 4.79 Å². The van der Waals surface area contributed by atoms with Crippen LogP contribution in [0.1, 0.15) is 37.7 Å². The van der Waals surface area contributed by atoms with E-state index in [1.165, 1.54) is 37.7 Å². The fraction of sp³-hybridized carbons (Fsp3) is 0.588. The first-order valence-corrected chi connectivity index (χ1v) is 7.54. The van der Waals surface area contributed by atoms with E-state index in [2.05, 4.69) is 35.6 Å². The molecule has 0 bridgehead atoms. The predicted octanol–water partition coefficient (Wildman–Crippen LogP) is 2.94. The van der Waals surface area contributed by atoms with E-state index in [0.717, 1.165) is 13.0 Å². The number of amides is 1. The second kappa shape index (κ2) is 7.44. The molecule has 20 heavy (non-hydrogen) atoms. The Morgan fingerprint density at radius 1 is 1.20 bits per heavy atom. The molecule has 110 valence electrons. The monoisotopic (exact) mass is 275 g/mol. The van der Waals surface area contributed by atoms with Crippen LogP contribution in [0.2, 0.25) is 0 Å². The Hall–Kier alpha value is -1.35. The minimum atomic E-state index is -0.00879. The van der Waals surface area contributed by atoms with Crippen molar-refractivity contribution in [2.75, 3.05) is 20.3 Å². The number of carbonyl (C=O) groups is 1. The fourth-order valence-corrected chi connectivity index (χ4v) is 3.21. The number of hydrogen-bond donors (Lipinski definition) is 1. The van der Waals surface area contributed by atoms with Gasteiger partial charge in [-0.2, -0.15) is 0 Å². The quantitative estimate of drug-likeness (QED) is 0.867. The van der Waals surface area contributed by atoms with E-state index < -0.39 is 0 Å². The number of ether oxygens (including phenoxy) is 1. The summed E-state index contributed by atoms with van der Waals surface area (Å²) in [6.45, 7) is 0.922. The van der Waals surface area contributed by atoms with Crippen LogP contribution < -0.4 is 5.32 Å². The molecule has 2 rings (SSSR count). The molecule has 0 unspecified atom stereocenters. The molecule has 3 heteroatoms. The lowest BCUT2D eigenvalue weighted by Gasteiger charge is -2.37. The number of rotatable bonds is 6. The number of carbonyl (C=O) groups excluding carboxylic acids is 1. The summed E-state index contributed by atoms with van der Waals surface area (Å²) in [7, 11) is 1.56.